The fourth-order valence-electron chi connectivity index (χ4n) is 4.25. The number of hydrogen-bond donors (Lipinski definition) is 2. The Hall–Kier alpha value is -3.21. The summed E-state index contributed by atoms with van der Waals surface area (Å²) in [5, 5.41) is 6.05. The molecule has 0 aliphatic heterocycles. The Morgan fingerprint density at radius 2 is 1.89 bits per heavy atom. The lowest BCUT2D eigenvalue weighted by molar-refractivity contribution is -0.121. The van der Waals surface area contributed by atoms with Gasteiger partial charge in [0.25, 0.3) is 5.91 Å². The molecule has 0 spiro atoms. The zero-order valence-electron chi connectivity index (χ0n) is 20.5. The number of methoxy groups -OCH3 is 1. The van der Waals surface area contributed by atoms with Crippen molar-refractivity contribution in [2.24, 2.45) is 5.92 Å². The van der Waals surface area contributed by atoms with E-state index in [2.05, 4.69) is 39.6 Å². The minimum Gasteiger partial charge on any atom is -0.475 e. The second-order valence-corrected chi connectivity index (χ2v) is 9.35. The van der Waals surface area contributed by atoms with E-state index in [1.54, 1.807) is 31.4 Å². The van der Waals surface area contributed by atoms with Crippen LogP contribution in [0.5, 0.6) is 5.88 Å². The first-order chi connectivity index (χ1) is 17.4. The van der Waals surface area contributed by atoms with Crippen LogP contribution < -0.4 is 15.4 Å². The van der Waals surface area contributed by atoms with Crippen molar-refractivity contribution in [2.75, 3.05) is 45.1 Å². The maximum atomic E-state index is 13.3. The molecule has 0 bridgehead atoms. The normalized spacial score (nSPS) is 17.8. The van der Waals surface area contributed by atoms with E-state index in [1.165, 1.54) is 6.20 Å². The highest BCUT2D eigenvalue weighted by Gasteiger charge is 2.30. The third kappa shape index (κ3) is 6.13. The van der Waals surface area contributed by atoms with Crippen molar-refractivity contribution in [2.45, 2.75) is 31.7 Å². The minimum absolute atomic E-state index is 0.0707. The molecule has 0 unspecified atom stereocenters. The van der Waals surface area contributed by atoms with E-state index in [4.69, 9.17) is 25.5 Å². The number of rotatable bonds is 9. The van der Waals surface area contributed by atoms with Gasteiger partial charge in [0.2, 0.25) is 17.5 Å². The van der Waals surface area contributed by atoms with Gasteiger partial charge in [0.15, 0.2) is 5.58 Å². The highest BCUT2D eigenvalue weighted by molar-refractivity contribution is 6.30. The van der Waals surface area contributed by atoms with Gasteiger partial charge in [-0.1, -0.05) is 11.6 Å². The van der Waals surface area contributed by atoms with Crippen LogP contribution in [-0.2, 0) is 9.53 Å². The number of carbonyl (C=O) groups excluding carboxylic acids is 2. The molecule has 0 aromatic carbocycles. The predicted octanol–water partition coefficient (Wildman–Crippen LogP) is 4.21. The molecule has 1 saturated carbocycles. The second-order valence-electron chi connectivity index (χ2n) is 8.92. The molecule has 0 atom stereocenters. The van der Waals surface area contributed by atoms with Crippen molar-refractivity contribution in [1.82, 2.24) is 14.9 Å². The van der Waals surface area contributed by atoms with E-state index in [9.17, 15) is 9.59 Å². The Morgan fingerprint density at radius 1 is 1.11 bits per heavy atom. The number of amides is 2. The third-order valence-corrected chi connectivity index (χ3v) is 6.49. The number of nitrogens with one attached hydrogen (secondary N) is 2. The predicted molar refractivity (Wildman–Crippen MR) is 137 cm³/mol. The molecule has 3 aromatic rings. The monoisotopic (exact) mass is 515 g/mol. The number of halogens is 1. The maximum Gasteiger partial charge on any atom is 0.294 e. The first-order valence-electron chi connectivity index (χ1n) is 11.8. The van der Waals surface area contributed by atoms with Crippen molar-refractivity contribution in [3.05, 3.63) is 41.2 Å². The lowest BCUT2D eigenvalue weighted by Crippen LogP contribution is -2.35. The molecule has 1 fully saturated rings. The van der Waals surface area contributed by atoms with Crippen LogP contribution in [0.2, 0.25) is 5.02 Å². The Morgan fingerprint density at radius 3 is 2.56 bits per heavy atom. The molecule has 11 heteroatoms. The van der Waals surface area contributed by atoms with E-state index in [0.29, 0.717) is 47.1 Å². The Labute approximate surface area is 214 Å². The quantitative estimate of drug-likeness (QED) is 0.407. The number of furan rings is 1. The molecule has 2 amide bonds. The number of carbonyl (C=O) groups is 2. The van der Waals surface area contributed by atoms with Gasteiger partial charge in [-0.15, -0.1) is 0 Å². The number of aromatic nitrogens is 2. The molecule has 36 heavy (non-hydrogen) atoms. The highest BCUT2D eigenvalue weighted by Crippen LogP contribution is 2.34. The molecule has 192 valence electrons. The fraction of sp³-hybridized carbons (Fsp3) is 0.440. The highest BCUT2D eigenvalue weighted by atomic mass is 35.5. The summed E-state index contributed by atoms with van der Waals surface area (Å²) in [4.78, 5) is 37.2. The van der Waals surface area contributed by atoms with Crippen molar-refractivity contribution >= 4 is 46.0 Å². The molecule has 10 nitrogen and oxygen atoms in total. The first kappa shape index (κ1) is 25.9. The van der Waals surface area contributed by atoms with E-state index in [1.807, 2.05) is 0 Å². The van der Waals surface area contributed by atoms with Crippen LogP contribution in [0.3, 0.4) is 0 Å². The summed E-state index contributed by atoms with van der Waals surface area (Å²) >= 11 is 5.89. The lowest BCUT2D eigenvalue weighted by Gasteiger charge is -2.31. The van der Waals surface area contributed by atoms with Gasteiger partial charge < -0.3 is 29.4 Å². The molecule has 3 heterocycles. The topological polar surface area (TPSA) is 119 Å². The van der Waals surface area contributed by atoms with E-state index < -0.39 is 5.91 Å². The largest absolute Gasteiger partial charge is 0.475 e. The van der Waals surface area contributed by atoms with Gasteiger partial charge in [-0.25, -0.2) is 9.97 Å². The molecular weight excluding hydrogens is 486 g/mol. The Bertz CT molecular complexity index is 1210. The lowest BCUT2D eigenvalue weighted by atomic mass is 9.85. The van der Waals surface area contributed by atoms with Crippen molar-refractivity contribution in [3.63, 3.8) is 0 Å². The van der Waals surface area contributed by atoms with Crippen LogP contribution in [0.4, 0.5) is 11.5 Å². The number of anilines is 2. The SMILES string of the molecule is COCCOc1ccc2oc(C(=O)Nc3ccc(Cl)cn3)c(NC(=O)C3CCC(N(C)C)CC3)c2n1. The van der Waals surface area contributed by atoms with Gasteiger partial charge in [-0.2, -0.15) is 0 Å². The first-order valence-corrected chi connectivity index (χ1v) is 12.2. The maximum absolute atomic E-state index is 13.3. The number of fused-ring (bicyclic) bond motifs is 1. The third-order valence-electron chi connectivity index (χ3n) is 6.27. The Balaban J connectivity index is 1.61. The molecule has 0 saturated heterocycles. The Kier molecular flexibility index (Phi) is 8.40. The molecule has 3 aromatic heterocycles. The van der Waals surface area contributed by atoms with E-state index >= 15 is 0 Å². The van der Waals surface area contributed by atoms with Gasteiger partial charge >= 0.3 is 0 Å². The van der Waals surface area contributed by atoms with Crippen molar-refractivity contribution in [1.29, 1.82) is 0 Å². The molecule has 0 radical (unpaired) electrons. The number of hydrogen-bond acceptors (Lipinski definition) is 8. The van der Waals surface area contributed by atoms with Gasteiger partial charge in [0.05, 0.1) is 11.6 Å². The zero-order chi connectivity index (χ0) is 25.7. The van der Waals surface area contributed by atoms with Crippen LogP contribution in [0.15, 0.2) is 34.9 Å². The van der Waals surface area contributed by atoms with Gasteiger partial charge in [0, 0.05) is 31.3 Å². The second kappa shape index (κ2) is 11.7. The number of pyridine rings is 2. The van der Waals surface area contributed by atoms with E-state index in [0.717, 1.165) is 25.7 Å². The van der Waals surface area contributed by atoms with Gasteiger partial charge in [-0.05, 0) is 58.0 Å². The van der Waals surface area contributed by atoms with E-state index in [-0.39, 0.29) is 23.3 Å². The molecule has 1 aliphatic rings. The molecule has 1 aliphatic carbocycles. The van der Waals surface area contributed by atoms with Crippen LogP contribution >= 0.6 is 11.6 Å². The molecular formula is C25H30ClN5O5. The summed E-state index contributed by atoms with van der Waals surface area (Å²) in [7, 11) is 5.69. The number of nitrogens with zero attached hydrogens (tertiary/aromatic N) is 3. The number of ether oxygens (including phenoxy) is 2. The smallest absolute Gasteiger partial charge is 0.294 e. The van der Waals surface area contributed by atoms with Gasteiger partial charge in [0.1, 0.15) is 23.6 Å². The summed E-state index contributed by atoms with van der Waals surface area (Å²) in [6, 6.07) is 6.94. The van der Waals surface area contributed by atoms with Crippen LogP contribution in [0.1, 0.15) is 36.2 Å². The van der Waals surface area contributed by atoms with Crippen LogP contribution in [-0.4, -0.2) is 67.1 Å². The summed E-state index contributed by atoms with van der Waals surface area (Å²) < 4.78 is 16.5. The standard InChI is InChI=1S/C25H30ClN5O5/c1-31(2)17-7-4-15(5-8-17)24(32)30-22-21-18(9-11-20(29-21)35-13-12-34-3)36-23(22)25(33)28-19-10-6-16(26)14-27-19/h6,9-11,14-15,17H,4-5,7-8,12-13H2,1-3H3,(H,30,32)(H,27,28,33). The molecule has 2 N–H and O–H groups in total. The minimum atomic E-state index is -0.573. The average Bonchev–Trinajstić information content (AvgIpc) is 3.23. The summed E-state index contributed by atoms with van der Waals surface area (Å²) in [5.74, 6) is -0.355. The molecule has 4 rings (SSSR count). The summed E-state index contributed by atoms with van der Waals surface area (Å²) in [5.41, 5.74) is 0.873. The van der Waals surface area contributed by atoms with Crippen molar-refractivity contribution in [3.8, 4) is 5.88 Å². The zero-order valence-corrected chi connectivity index (χ0v) is 21.3. The van der Waals surface area contributed by atoms with Gasteiger partial charge in [-0.3, -0.25) is 9.59 Å². The van der Waals surface area contributed by atoms with Crippen LogP contribution in [0, 0.1) is 5.92 Å². The average molecular weight is 516 g/mol. The fourth-order valence-corrected chi connectivity index (χ4v) is 4.36. The summed E-state index contributed by atoms with van der Waals surface area (Å²) in [6.07, 6.45) is 4.82. The summed E-state index contributed by atoms with van der Waals surface area (Å²) in [6.45, 7) is 0.700. The van der Waals surface area contributed by atoms with Crippen molar-refractivity contribution < 1.29 is 23.5 Å². The van der Waals surface area contributed by atoms with Crippen LogP contribution in [0.25, 0.3) is 11.1 Å².